The van der Waals surface area contributed by atoms with Crippen LogP contribution in [-0.2, 0) is 4.79 Å². The smallest absolute Gasteiger partial charge is 0.236 e. The van der Waals surface area contributed by atoms with Gasteiger partial charge in [-0.25, -0.2) is 0 Å². The highest BCUT2D eigenvalue weighted by Crippen LogP contribution is 1.96. The summed E-state index contributed by atoms with van der Waals surface area (Å²) in [4.78, 5) is 9.87. The molecule has 1 atom stereocenters. The molecule has 0 aromatic carbocycles. The summed E-state index contributed by atoms with van der Waals surface area (Å²) in [7, 11) is 0. The van der Waals surface area contributed by atoms with Crippen molar-refractivity contribution in [1.29, 1.82) is 0 Å². The summed E-state index contributed by atoms with van der Waals surface area (Å²) in [5.74, 6) is -0.678. The molecule has 5 nitrogen and oxygen atoms in total. The number of piperidine rings is 1. The van der Waals surface area contributed by atoms with Gasteiger partial charge in [0.2, 0.25) is 5.91 Å². The van der Waals surface area contributed by atoms with Gasteiger partial charge in [0.25, 0.3) is 0 Å². The largest absolute Gasteiger partial charge is 0.394 e. The van der Waals surface area contributed by atoms with Gasteiger partial charge in [0, 0.05) is 0 Å². The molecule has 0 saturated carbocycles. The standard InChI is InChI=1S/C5H11N.C3H8N2O2/c1-2-4-6-5-3-1;4-2(1-6)3(5)7/h6H,1-5H2;2,6H,1,4H2,(H2,5,7)/t;2-/m.0/s1. The molecule has 1 amide bonds. The molecule has 0 radical (unpaired) electrons. The van der Waals surface area contributed by atoms with Crippen LogP contribution in [0.2, 0.25) is 0 Å². The Kier molecular flexibility index (Phi) is 7.57. The van der Waals surface area contributed by atoms with Crippen molar-refractivity contribution in [1.82, 2.24) is 5.32 Å². The van der Waals surface area contributed by atoms with Crippen molar-refractivity contribution >= 4 is 5.91 Å². The summed E-state index contributed by atoms with van der Waals surface area (Å²) >= 11 is 0. The molecule has 0 aliphatic carbocycles. The molecule has 1 aliphatic heterocycles. The van der Waals surface area contributed by atoms with E-state index < -0.39 is 11.9 Å². The second kappa shape index (κ2) is 7.97. The van der Waals surface area contributed by atoms with E-state index in [-0.39, 0.29) is 6.61 Å². The van der Waals surface area contributed by atoms with Gasteiger partial charge < -0.3 is 21.9 Å². The van der Waals surface area contributed by atoms with E-state index in [1.165, 1.54) is 32.4 Å². The molecule has 1 heterocycles. The Balaban J connectivity index is 0.000000223. The lowest BCUT2D eigenvalue weighted by Crippen LogP contribution is -2.39. The van der Waals surface area contributed by atoms with Crippen molar-refractivity contribution in [2.24, 2.45) is 11.5 Å². The number of hydrogen-bond acceptors (Lipinski definition) is 4. The number of carbonyl (C=O) groups excluding carboxylic acids is 1. The predicted molar refractivity (Wildman–Crippen MR) is 51.0 cm³/mol. The predicted octanol–water partition coefficient (Wildman–Crippen LogP) is -1.45. The van der Waals surface area contributed by atoms with Crippen LogP contribution >= 0.6 is 0 Å². The Bertz CT molecular complexity index is 126. The zero-order valence-corrected chi connectivity index (χ0v) is 7.83. The molecule has 0 aromatic heterocycles. The molecule has 1 aliphatic rings. The maximum absolute atomic E-state index is 9.87. The average Bonchev–Trinajstić information content (AvgIpc) is 2.20. The Morgan fingerprint density at radius 3 is 2.00 bits per heavy atom. The molecule has 0 unspecified atom stereocenters. The van der Waals surface area contributed by atoms with Crippen molar-refractivity contribution in [3.63, 3.8) is 0 Å². The van der Waals surface area contributed by atoms with Gasteiger partial charge in [0.1, 0.15) is 6.04 Å². The minimum atomic E-state index is -0.903. The third kappa shape index (κ3) is 7.70. The van der Waals surface area contributed by atoms with Crippen molar-refractivity contribution < 1.29 is 9.90 Å². The normalized spacial score (nSPS) is 18.3. The van der Waals surface area contributed by atoms with Crippen LogP contribution in [0.4, 0.5) is 0 Å². The molecule has 13 heavy (non-hydrogen) atoms. The molecule has 0 bridgehead atoms. The topological polar surface area (TPSA) is 101 Å². The van der Waals surface area contributed by atoms with E-state index in [0.29, 0.717) is 0 Å². The van der Waals surface area contributed by atoms with Crippen LogP contribution in [0.25, 0.3) is 0 Å². The van der Waals surface area contributed by atoms with Crippen LogP contribution in [0.1, 0.15) is 19.3 Å². The maximum Gasteiger partial charge on any atom is 0.236 e. The van der Waals surface area contributed by atoms with E-state index in [9.17, 15) is 4.79 Å². The number of hydrogen-bond donors (Lipinski definition) is 4. The molecule has 0 aromatic rings. The Labute approximate surface area is 78.5 Å². The summed E-state index contributed by atoms with van der Waals surface area (Å²) < 4.78 is 0. The van der Waals surface area contributed by atoms with E-state index in [0.717, 1.165) is 0 Å². The van der Waals surface area contributed by atoms with Gasteiger partial charge in [-0.3, -0.25) is 4.79 Å². The van der Waals surface area contributed by atoms with Crippen LogP contribution in [0.3, 0.4) is 0 Å². The highest BCUT2D eigenvalue weighted by molar-refractivity contribution is 5.79. The van der Waals surface area contributed by atoms with Gasteiger partial charge in [-0.1, -0.05) is 6.42 Å². The van der Waals surface area contributed by atoms with Crippen LogP contribution in [0.5, 0.6) is 0 Å². The van der Waals surface area contributed by atoms with Crippen LogP contribution < -0.4 is 16.8 Å². The van der Waals surface area contributed by atoms with E-state index in [1.54, 1.807) is 0 Å². The number of aliphatic hydroxyl groups excluding tert-OH is 1. The second-order valence-corrected chi connectivity index (χ2v) is 3.00. The first kappa shape index (κ1) is 12.3. The quantitative estimate of drug-likeness (QED) is 0.427. The minimum Gasteiger partial charge on any atom is -0.394 e. The summed E-state index contributed by atoms with van der Waals surface area (Å²) in [6.45, 7) is 2.12. The van der Waals surface area contributed by atoms with E-state index in [4.69, 9.17) is 10.8 Å². The summed E-state index contributed by atoms with van der Waals surface area (Å²) in [6.07, 6.45) is 4.22. The fourth-order valence-corrected chi connectivity index (χ4v) is 0.892. The fraction of sp³-hybridized carbons (Fsp3) is 0.875. The Morgan fingerprint density at radius 2 is 1.92 bits per heavy atom. The van der Waals surface area contributed by atoms with Crippen molar-refractivity contribution in [2.75, 3.05) is 19.7 Å². The maximum atomic E-state index is 9.87. The van der Waals surface area contributed by atoms with Gasteiger partial charge in [0.15, 0.2) is 0 Å². The zero-order chi connectivity index (χ0) is 10.1. The molecule has 1 saturated heterocycles. The van der Waals surface area contributed by atoms with E-state index in [2.05, 4.69) is 11.1 Å². The van der Waals surface area contributed by atoms with Gasteiger partial charge in [-0.15, -0.1) is 0 Å². The van der Waals surface area contributed by atoms with Crippen molar-refractivity contribution in [3.8, 4) is 0 Å². The zero-order valence-electron chi connectivity index (χ0n) is 7.83. The van der Waals surface area contributed by atoms with Gasteiger partial charge in [-0.2, -0.15) is 0 Å². The SMILES string of the molecule is C1CCNCC1.NC(=O)[C@@H](N)CO. The summed E-state index contributed by atoms with van der Waals surface area (Å²) in [5.41, 5.74) is 9.51. The van der Waals surface area contributed by atoms with Crippen LogP contribution in [0.15, 0.2) is 0 Å². The van der Waals surface area contributed by atoms with Crippen molar-refractivity contribution in [3.05, 3.63) is 0 Å². The lowest BCUT2D eigenvalue weighted by atomic mass is 10.2. The van der Waals surface area contributed by atoms with Gasteiger partial charge in [0.05, 0.1) is 6.61 Å². The van der Waals surface area contributed by atoms with Crippen LogP contribution in [0, 0.1) is 0 Å². The number of carbonyl (C=O) groups is 1. The molecule has 5 heteroatoms. The van der Waals surface area contributed by atoms with Gasteiger partial charge >= 0.3 is 0 Å². The average molecular weight is 189 g/mol. The van der Waals surface area contributed by atoms with Gasteiger partial charge in [-0.05, 0) is 25.9 Å². The lowest BCUT2D eigenvalue weighted by molar-refractivity contribution is -0.120. The number of primary amides is 1. The second-order valence-electron chi connectivity index (χ2n) is 3.00. The first-order valence-corrected chi connectivity index (χ1v) is 4.55. The minimum absolute atomic E-state index is 0.380. The van der Waals surface area contributed by atoms with E-state index >= 15 is 0 Å². The first-order valence-electron chi connectivity index (χ1n) is 4.55. The third-order valence-corrected chi connectivity index (χ3v) is 1.77. The Hall–Kier alpha value is -0.650. The third-order valence-electron chi connectivity index (χ3n) is 1.77. The number of aliphatic hydroxyl groups is 1. The fourth-order valence-electron chi connectivity index (χ4n) is 0.892. The molecule has 1 fully saturated rings. The van der Waals surface area contributed by atoms with Crippen molar-refractivity contribution in [2.45, 2.75) is 25.3 Å². The number of rotatable bonds is 2. The molecule has 1 rings (SSSR count). The summed E-state index contributed by atoms with van der Waals surface area (Å²) in [6, 6.07) is -0.903. The monoisotopic (exact) mass is 189 g/mol. The Morgan fingerprint density at radius 1 is 1.38 bits per heavy atom. The number of nitrogens with one attached hydrogen (secondary N) is 1. The highest BCUT2D eigenvalue weighted by atomic mass is 16.3. The molecule has 78 valence electrons. The summed E-state index contributed by atoms with van der Waals surface area (Å²) in [5, 5.41) is 11.4. The highest BCUT2D eigenvalue weighted by Gasteiger charge is 2.04. The molecule has 0 spiro atoms. The van der Waals surface area contributed by atoms with Crippen LogP contribution in [-0.4, -0.2) is 36.8 Å². The van der Waals surface area contributed by atoms with E-state index in [1.807, 2.05) is 0 Å². The lowest BCUT2D eigenvalue weighted by Gasteiger charge is -2.08. The molecular formula is C8H19N3O2. The first-order chi connectivity index (χ1) is 6.18. The number of amides is 1. The molecular weight excluding hydrogens is 170 g/mol. The molecule has 6 N–H and O–H groups in total. The number of nitrogens with two attached hydrogens (primary N) is 2.